The summed E-state index contributed by atoms with van der Waals surface area (Å²) in [5.74, 6) is 0.0736. The van der Waals surface area contributed by atoms with Crippen molar-refractivity contribution in [1.29, 1.82) is 0 Å². The van der Waals surface area contributed by atoms with Gasteiger partial charge in [0.1, 0.15) is 0 Å². The fraction of sp³-hybridized carbons (Fsp3) is 0.500. The molecule has 1 aliphatic heterocycles. The van der Waals surface area contributed by atoms with Crippen molar-refractivity contribution >= 4 is 11.5 Å². The summed E-state index contributed by atoms with van der Waals surface area (Å²) in [7, 11) is 0. The molecule has 7 nitrogen and oxygen atoms in total. The first-order chi connectivity index (χ1) is 10.0. The minimum absolute atomic E-state index is 0.0736. The van der Waals surface area contributed by atoms with Gasteiger partial charge in [0.05, 0.1) is 6.20 Å². The molecule has 2 aromatic heterocycles. The van der Waals surface area contributed by atoms with Gasteiger partial charge in [0.25, 0.3) is 0 Å². The van der Waals surface area contributed by atoms with Gasteiger partial charge in [0.2, 0.25) is 5.65 Å². The zero-order valence-electron chi connectivity index (χ0n) is 12.2. The molecule has 2 aromatic rings. The Balaban J connectivity index is 1.93. The van der Waals surface area contributed by atoms with Gasteiger partial charge in [-0.05, 0) is 24.8 Å². The van der Waals surface area contributed by atoms with E-state index in [9.17, 15) is 10.1 Å². The number of hydrogen-bond donors (Lipinski definition) is 1. The smallest absolute Gasteiger partial charge is 0.352 e. The highest BCUT2D eigenvalue weighted by atomic mass is 16.6. The van der Waals surface area contributed by atoms with E-state index in [-0.39, 0.29) is 10.7 Å². The van der Waals surface area contributed by atoms with Crippen LogP contribution in [0.3, 0.4) is 0 Å². The second kappa shape index (κ2) is 5.42. The third-order valence-corrected chi connectivity index (χ3v) is 3.75. The maximum Gasteiger partial charge on any atom is 0.352 e. The number of nitro groups is 1. The number of fused-ring (bicyclic) bond motifs is 1. The van der Waals surface area contributed by atoms with Gasteiger partial charge in [0.15, 0.2) is 5.69 Å². The Kier molecular flexibility index (Phi) is 3.60. The number of nitrogens with zero attached hydrogens (tertiary/aromatic N) is 4. The average Bonchev–Trinajstić information content (AvgIpc) is 2.75. The third kappa shape index (κ3) is 2.74. The molecule has 1 aliphatic rings. The van der Waals surface area contributed by atoms with Crippen LogP contribution in [0.4, 0.5) is 5.82 Å². The molecule has 0 amide bonds. The number of aromatic nitrogens is 2. The zero-order valence-corrected chi connectivity index (χ0v) is 12.2. The number of nitrogens with one attached hydrogen (secondary N) is 1. The molecule has 21 heavy (non-hydrogen) atoms. The Morgan fingerprint density at radius 3 is 2.76 bits per heavy atom. The van der Waals surface area contributed by atoms with E-state index < -0.39 is 0 Å². The molecular formula is C14H19N5O2. The predicted octanol–water partition coefficient (Wildman–Crippen LogP) is 1.42. The monoisotopic (exact) mass is 289 g/mol. The van der Waals surface area contributed by atoms with Gasteiger partial charge < -0.3 is 15.4 Å². The molecule has 0 radical (unpaired) electrons. The molecule has 3 heterocycles. The molecule has 2 atom stereocenters. The highest BCUT2D eigenvalue weighted by Gasteiger charge is 2.27. The lowest BCUT2D eigenvalue weighted by Crippen LogP contribution is -2.53. The molecular weight excluding hydrogens is 270 g/mol. The zero-order chi connectivity index (χ0) is 15.0. The van der Waals surface area contributed by atoms with E-state index in [1.54, 1.807) is 22.7 Å². The quantitative estimate of drug-likeness (QED) is 0.683. The molecule has 0 aromatic carbocycles. The van der Waals surface area contributed by atoms with Gasteiger partial charge in [-0.1, -0.05) is 6.07 Å². The van der Waals surface area contributed by atoms with Crippen LogP contribution in [0.2, 0.25) is 0 Å². The van der Waals surface area contributed by atoms with Crippen molar-refractivity contribution in [2.24, 2.45) is 0 Å². The summed E-state index contributed by atoms with van der Waals surface area (Å²) < 4.78 is 1.55. The predicted molar refractivity (Wildman–Crippen MR) is 79.2 cm³/mol. The van der Waals surface area contributed by atoms with Crippen LogP contribution in [0, 0.1) is 10.1 Å². The summed E-state index contributed by atoms with van der Waals surface area (Å²) in [5.41, 5.74) is 1.16. The Morgan fingerprint density at radius 2 is 2.10 bits per heavy atom. The van der Waals surface area contributed by atoms with E-state index in [1.807, 2.05) is 6.07 Å². The number of rotatable bonds is 3. The normalized spacial score (nSPS) is 23.5. The van der Waals surface area contributed by atoms with Gasteiger partial charge >= 0.3 is 5.82 Å². The van der Waals surface area contributed by atoms with E-state index in [4.69, 9.17) is 0 Å². The van der Waals surface area contributed by atoms with Crippen molar-refractivity contribution in [3.05, 3.63) is 40.2 Å². The Hall–Kier alpha value is -1.99. The summed E-state index contributed by atoms with van der Waals surface area (Å²) in [6.45, 7) is 6.50. The van der Waals surface area contributed by atoms with E-state index in [1.165, 1.54) is 0 Å². The second-order valence-electron chi connectivity index (χ2n) is 5.73. The van der Waals surface area contributed by atoms with E-state index >= 15 is 0 Å². The van der Waals surface area contributed by atoms with Crippen molar-refractivity contribution in [3.63, 3.8) is 0 Å². The molecule has 112 valence electrons. The lowest BCUT2D eigenvalue weighted by Gasteiger charge is -2.35. The van der Waals surface area contributed by atoms with Crippen LogP contribution in [0.1, 0.15) is 19.5 Å². The molecule has 1 saturated heterocycles. The van der Waals surface area contributed by atoms with Gasteiger partial charge in [-0.3, -0.25) is 4.90 Å². The van der Waals surface area contributed by atoms with Crippen LogP contribution in [-0.2, 0) is 6.54 Å². The van der Waals surface area contributed by atoms with E-state index in [0.717, 1.165) is 13.1 Å². The first-order valence-electron chi connectivity index (χ1n) is 7.13. The number of pyridine rings is 1. The average molecular weight is 289 g/mol. The lowest BCUT2D eigenvalue weighted by molar-refractivity contribution is -0.391. The summed E-state index contributed by atoms with van der Waals surface area (Å²) in [4.78, 5) is 17.7. The Morgan fingerprint density at radius 1 is 1.38 bits per heavy atom. The third-order valence-electron chi connectivity index (χ3n) is 3.75. The van der Waals surface area contributed by atoms with Gasteiger partial charge in [0, 0.05) is 37.8 Å². The topological polar surface area (TPSA) is 75.7 Å². The maximum atomic E-state index is 11.4. The summed E-state index contributed by atoms with van der Waals surface area (Å²) in [6.07, 6.45) is 1.69. The van der Waals surface area contributed by atoms with Crippen LogP contribution in [-0.4, -0.2) is 44.4 Å². The van der Waals surface area contributed by atoms with Crippen molar-refractivity contribution in [1.82, 2.24) is 19.6 Å². The fourth-order valence-electron chi connectivity index (χ4n) is 3.11. The minimum Gasteiger partial charge on any atom is -0.358 e. The largest absolute Gasteiger partial charge is 0.358 e. The van der Waals surface area contributed by atoms with Crippen molar-refractivity contribution < 1.29 is 4.92 Å². The SMILES string of the molecule is CC1CN(Cc2nc3ccccn3c2[N+](=O)[O-])CC(C)N1. The van der Waals surface area contributed by atoms with Crippen LogP contribution < -0.4 is 5.32 Å². The standard InChI is InChI=1S/C14H19N5O2/c1-10-7-17(8-11(2)15-10)9-12-14(19(20)21)18-6-4-3-5-13(18)16-12/h3-6,10-11,15H,7-9H2,1-2H3. The van der Waals surface area contributed by atoms with Gasteiger partial charge in [-0.15, -0.1) is 0 Å². The number of piperazine rings is 1. The summed E-state index contributed by atoms with van der Waals surface area (Å²) in [6, 6.07) is 6.17. The molecule has 0 spiro atoms. The summed E-state index contributed by atoms with van der Waals surface area (Å²) in [5, 5.41) is 14.8. The van der Waals surface area contributed by atoms with Crippen LogP contribution in [0.15, 0.2) is 24.4 Å². The highest BCUT2D eigenvalue weighted by Crippen LogP contribution is 2.22. The molecule has 7 heteroatoms. The Labute approximate surface area is 122 Å². The van der Waals surface area contributed by atoms with Crippen LogP contribution >= 0.6 is 0 Å². The molecule has 2 unspecified atom stereocenters. The molecule has 0 bridgehead atoms. The molecule has 0 saturated carbocycles. The minimum atomic E-state index is -0.343. The Bertz CT molecular complexity index is 658. The highest BCUT2D eigenvalue weighted by molar-refractivity contribution is 5.48. The van der Waals surface area contributed by atoms with Crippen LogP contribution in [0.25, 0.3) is 5.65 Å². The molecule has 1 fully saturated rings. The van der Waals surface area contributed by atoms with Crippen molar-refractivity contribution in [2.45, 2.75) is 32.5 Å². The first kappa shape index (κ1) is 14.0. The fourth-order valence-corrected chi connectivity index (χ4v) is 3.11. The summed E-state index contributed by atoms with van der Waals surface area (Å²) >= 11 is 0. The lowest BCUT2D eigenvalue weighted by atomic mass is 10.1. The number of hydrogen-bond acceptors (Lipinski definition) is 5. The van der Waals surface area contributed by atoms with Gasteiger partial charge in [-0.2, -0.15) is 4.40 Å². The van der Waals surface area contributed by atoms with Crippen molar-refractivity contribution in [2.75, 3.05) is 13.1 Å². The molecule has 3 rings (SSSR count). The van der Waals surface area contributed by atoms with E-state index in [0.29, 0.717) is 30.0 Å². The number of imidazole rings is 1. The molecule has 1 N–H and O–H groups in total. The van der Waals surface area contributed by atoms with Crippen LogP contribution in [0.5, 0.6) is 0 Å². The molecule has 0 aliphatic carbocycles. The van der Waals surface area contributed by atoms with Crippen molar-refractivity contribution in [3.8, 4) is 0 Å². The van der Waals surface area contributed by atoms with Gasteiger partial charge in [-0.25, -0.2) is 4.98 Å². The van der Waals surface area contributed by atoms with E-state index in [2.05, 4.69) is 29.0 Å². The second-order valence-corrected chi connectivity index (χ2v) is 5.73. The first-order valence-corrected chi connectivity index (χ1v) is 7.13. The maximum absolute atomic E-state index is 11.4.